The van der Waals surface area contributed by atoms with E-state index in [1.807, 2.05) is 0 Å². The highest BCUT2D eigenvalue weighted by molar-refractivity contribution is 6.33. The summed E-state index contributed by atoms with van der Waals surface area (Å²) >= 11 is 6.34. The molecule has 37 heavy (non-hydrogen) atoms. The van der Waals surface area contributed by atoms with Gasteiger partial charge in [-0.1, -0.05) is 11.6 Å². The summed E-state index contributed by atoms with van der Waals surface area (Å²) in [5.41, 5.74) is -0.932. The van der Waals surface area contributed by atoms with Crippen molar-refractivity contribution >= 4 is 29.3 Å². The molecule has 2 aromatic heterocycles. The number of anilines is 1. The Bertz CT molecular complexity index is 1110. The van der Waals surface area contributed by atoms with E-state index in [9.17, 15) is 22.8 Å². The van der Waals surface area contributed by atoms with E-state index in [1.54, 1.807) is 0 Å². The van der Waals surface area contributed by atoms with Gasteiger partial charge in [0.05, 0.1) is 36.3 Å². The van der Waals surface area contributed by atoms with E-state index in [2.05, 4.69) is 20.6 Å². The number of nitrogens with zero attached hydrogens (tertiary/aromatic N) is 2. The van der Waals surface area contributed by atoms with Crippen LogP contribution in [-0.4, -0.2) is 54.3 Å². The zero-order valence-electron chi connectivity index (χ0n) is 20.3. The summed E-state index contributed by atoms with van der Waals surface area (Å²) in [6.07, 6.45) is -0.764. The Balaban J connectivity index is 1.70. The Morgan fingerprint density at radius 2 is 1.92 bits per heavy atom. The van der Waals surface area contributed by atoms with E-state index in [1.165, 1.54) is 32.5 Å². The number of carboxylic acid groups (broad SMARTS) is 1. The number of amides is 1. The van der Waals surface area contributed by atoms with E-state index in [0.717, 1.165) is 6.07 Å². The number of hydrogen-bond acceptors (Lipinski definition) is 7. The molecule has 1 saturated carbocycles. The van der Waals surface area contributed by atoms with Crippen LogP contribution in [0.15, 0.2) is 24.4 Å². The monoisotopic (exact) mass is 544 g/mol. The van der Waals surface area contributed by atoms with Crippen LogP contribution in [0.2, 0.25) is 5.02 Å². The zero-order valence-corrected chi connectivity index (χ0v) is 21.0. The van der Waals surface area contributed by atoms with Gasteiger partial charge in [0.15, 0.2) is 0 Å². The Morgan fingerprint density at radius 1 is 1.22 bits per heavy atom. The highest BCUT2D eigenvalue weighted by atomic mass is 35.5. The number of methoxy groups -OCH3 is 2. The van der Waals surface area contributed by atoms with Crippen LogP contribution in [0.3, 0.4) is 0 Å². The molecular weight excluding hydrogens is 517 g/mol. The van der Waals surface area contributed by atoms with E-state index < -0.39 is 29.8 Å². The van der Waals surface area contributed by atoms with Crippen LogP contribution in [-0.2, 0) is 15.7 Å². The van der Waals surface area contributed by atoms with Crippen molar-refractivity contribution in [3.8, 4) is 5.75 Å². The summed E-state index contributed by atoms with van der Waals surface area (Å²) < 4.78 is 50.1. The summed E-state index contributed by atoms with van der Waals surface area (Å²) in [5.74, 6) is -1.08. The molecule has 0 saturated heterocycles. The first-order chi connectivity index (χ1) is 17.5. The maximum Gasteiger partial charge on any atom is 0.433 e. The molecule has 202 valence electrons. The van der Waals surface area contributed by atoms with Gasteiger partial charge in [-0.2, -0.15) is 13.2 Å². The van der Waals surface area contributed by atoms with Crippen molar-refractivity contribution in [2.75, 3.05) is 32.7 Å². The molecule has 0 unspecified atom stereocenters. The highest BCUT2D eigenvalue weighted by Gasteiger charge is 2.34. The number of pyridine rings is 2. The fourth-order valence-corrected chi connectivity index (χ4v) is 4.40. The molecule has 13 heteroatoms. The Morgan fingerprint density at radius 3 is 2.49 bits per heavy atom. The minimum atomic E-state index is -4.65. The number of carbonyl (C=O) groups is 2. The smallest absolute Gasteiger partial charge is 0.433 e. The maximum atomic E-state index is 13.2. The number of alkyl halides is 3. The molecular formula is C24H28ClF3N4O5. The predicted octanol–water partition coefficient (Wildman–Crippen LogP) is 4.58. The van der Waals surface area contributed by atoms with Crippen molar-refractivity contribution in [2.45, 2.75) is 37.9 Å². The summed E-state index contributed by atoms with van der Waals surface area (Å²) in [6.45, 7) is 0.328. The molecule has 1 aliphatic rings. The quantitative estimate of drug-likeness (QED) is 0.397. The molecule has 0 aromatic carbocycles. The van der Waals surface area contributed by atoms with Gasteiger partial charge in [0.25, 0.3) is 5.91 Å². The van der Waals surface area contributed by atoms with Crippen LogP contribution in [0.4, 0.5) is 19.0 Å². The first-order valence-corrected chi connectivity index (χ1v) is 11.9. The van der Waals surface area contributed by atoms with Gasteiger partial charge in [-0.05, 0) is 49.8 Å². The molecule has 1 fully saturated rings. The second kappa shape index (κ2) is 12.4. The first kappa shape index (κ1) is 28.5. The van der Waals surface area contributed by atoms with Gasteiger partial charge in [-0.25, -0.2) is 9.97 Å². The second-order valence-electron chi connectivity index (χ2n) is 8.75. The maximum absolute atomic E-state index is 13.2. The van der Waals surface area contributed by atoms with Gasteiger partial charge in [0.1, 0.15) is 23.0 Å². The Kier molecular flexibility index (Phi) is 9.55. The summed E-state index contributed by atoms with van der Waals surface area (Å²) in [6, 6.07) is 2.50. The van der Waals surface area contributed by atoms with Crippen molar-refractivity contribution in [3.63, 3.8) is 0 Å². The first-order valence-electron chi connectivity index (χ1n) is 11.6. The minimum Gasteiger partial charge on any atom is -0.495 e. The molecule has 1 atom stereocenters. The zero-order chi connectivity index (χ0) is 27.2. The van der Waals surface area contributed by atoms with Gasteiger partial charge in [0.2, 0.25) is 0 Å². The third-order valence-electron chi connectivity index (χ3n) is 6.22. The number of halogens is 4. The van der Waals surface area contributed by atoms with Crippen LogP contribution in [0.5, 0.6) is 5.75 Å². The van der Waals surface area contributed by atoms with Gasteiger partial charge in [-0.15, -0.1) is 0 Å². The molecule has 0 radical (unpaired) electrons. The third kappa shape index (κ3) is 7.45. The van der Waals surface area contributed by atoms with Crippen molar-refractivity contribution in [3.05, 3.63) is 46.4 Å². The predicted molar refractivity (Wildman–Crippen MR) is 129 cm³/mol. The van der Waals surface area contributed by atoms with E-state index in [-0.39, 0.29) is 46.3 Å². The number of nitrogens with one attached hydrogen (secondary N) is 2. The largest absolute Gasteiger partial charge is 0.495 e. The topological polar surface area (TPSA) is 123 Å². The molecule has 3 N–H and O–H groups in total. The van der Waals surface area contributed by atoms with Gasteiger partial charge >= 0.3 is 12.1 Å². The standard InChI is InChI=1S/C24H28ClF3N4O5/c1-36-12-17(20-18(37-2)7-8-19(32-20)24(26,27)28)31-21-16(25)9-15(11-29-21)22(33)30-10-13-3-5-14(6-4-13)23(34)35/h7-9,11,13-14,17H,3-6,10,12H2,1-2H3,(H,29,31)(H,30,33)(H,34,35)/t13?,14?,17-/m0/s1. The molecule has 3 rings (SSSR count). The third-order valence-corrected chi connectivity index (χ3v) is 6.51. The number of aliphatic carboxylic acids is 1. The van der Waals surface area contributed by atoms with Gasteiger partial charge in [-0.3, -0.25) is 9.59 Å². The number of hydrogen-bond donors (Lipinski definition) is 3. The lowest BCUT2D eigenvalue weighted by Gasteiger charge is -2.26. The number of ether oxygens (including phenoxy) is 2. The number of rotatable bonds is 10. The Hall–Kier alpha value is -3.12. The normalized spacial score (nSPS) is 18.6. The van der Waals surface area contributed by atoms with Gasteiger partial charge in [0, 0.05) is 19.9 Å². The fourth-order valence-electron chi connectivity index (χ4n) is 4.18. The lowest BCUT2D eigenvalue weighted by Crippen LogP contribution is -2.32. The van der Waals surface area contributed by atoms with E-state index in [4.69, 9.17) is 26.2 Å². The van der Waals surface area contributed by atoms with Crippen molar-refractivity contribution in [2.24, 2.45) is 11.8 Å². The van der Waals surface area contributed by atoms with Crippen LogP contribution >= 0.6 is 11.6 Å². The minimum absolute atomic E-state index is 0.0449. The highest BCUT2D eigenvalue weighted by Crippen LogP contribution is 2.34. The SMILES string of the molecule is COC[C@H](Nc1ncc(C(=O)NCC2CCC(C(=O)O)CC2)cc1Cl)c1nc(C(F)(F)F)ccc1OC. The number of aromatic nitrogens is 2. The fraction of sp³-hybridized carbons (Fsp3) is 0.500. The van der Waals surface area contributed by atoms with E-state index >= 15 is 0 Å². The van der Waals surface area contributed by atoms with Crippen LogP contribution in [0, 0.1) is 11.8 Å². The molecule has 9 nitrogen and oxygen atoms in total. The lowest BCUT2D eigenvalue weighted by molar-refractivity contribution is -0.143. The van der Waals surface area contributed by atoms with Crippen molar-refractivity contribution in [1.82, 2.24) is 15.3 Å². The summed E-state index contributed by atoms with van der Waals surface area (Å²) in [7, 11) is 2.69. The second-order valence-corrected chi connectivity index (χ2v) is 9.16. The van der Waals surface area contributed by atoms with Crippen LogP contribution < -0.4 is 15.4 Å². The average Bonchev–Trinajstić information content (AvgIpc) is 2.87. The molecule has 0 spiro atoms. The molecule has 1 aliphatic carbocycles. The van der Waals surface area contributed by atoms with Crippen LogP contribution in [0.1, 0.15) is 53.5 Å². The van der Waals surface area contributed by atoms with Gasteiger partial charge < -0.3 is 25.2 Å². The number of carboxylic acids is 1. The Labute approximate surface area is 216 Å². The molecule has 2 aromatic rings. The molecule has 0 aliphatic heterocycles. The number of carbonyl (C=O) groups excluding carboxylic acids is 1. The van der Waals surface area contributed by atoms with E-state index in [0.29, 0.717) is 32.2 Å². The molecule has 1 amide bonds. The molecule has 0 bridgehead atoms. The summed E-state index contributed by atoms with van der Waals surface area (Å²) in [5, 5.41) is 14.9. The lowest BCUT2D eigenvalue weighted by atomic mass is 9.82. The summed E-state index contributed by atoms with van der Waals surface area (Å²) in [4.78, 5) is 31.6. The van der Waals surface area contributed by atoms with Crippen molar-refractivity contribution in [1.29, 1.82) is 0 Å². The molecule has 2 heterocycles. The van der Waals surface area contributed by atoms with Crippen LogP contribution in [0.25, 0.3) is 0 Å². The average molecular weight is 545 g/mol. The van der Waals surface area contributed by atoms with Crippen molar-refractivity contribution < 1.29 is 37.3 Å².